The van der Waals surface area contributed by atoms with E-state index in [1.165, 1.54) is 24.5 Å². The largest absolute Gasteiger partial charge is 0.421 e. The SMILES string of the molecule is O=Cc1cnc(Oc2cccc(Cl)c2F)nc1. The second-order valence-electron chi connectivity index (χ2n) is 3.07. The van der Waals surface area contributed by atoms with E-state index in [1.54, 1.807) is 6.07 Å². The maximum absolute atomic E-state index is 13.5. The molecular weight excluding hydrogens is 247 g/mol. The van der Waals surface area contributed by atoms with Gasteiger partial charge in [-0.05, 0) is 12.1 Å². The Morgan fingerprint density at radius 3 is 2.65 bits per heavy atom. The quantitative estimate of drug-likeness (QED) is 0.788. The Labute approximate surface area is 101 Å². The molecule has 1 aromatic heterocycles. The van der Waals surface area contributed by atoms with Gasteiger partial charge in [0, 0.05) is 12.4 Å². The van der Waals surface area contributed by atoms with Gasteiger partial charge in [0.15, 0.2) is 17.9 Å². The van der Waals surface area contributed by atoms with Gasteiger partial charge in [-0.15, -0.1) is 0 Å². The van der Waals surface area contributed by atoms with Gasteiger partial charge in [0.2, 0.25) is 0 Å². The maximum atomic E-state index is 13.5. The van der Waals surface area contributed by atoms with Crippen molar-refractivity contribution in [2.45, 2.75) is 0 Å². The van der Waals surface area contributed by atoms with Crippen molar-refractivity contribution in [2.24, 2.45) is 0 Å². The first-order chi connectivity index (χ1) is 8.20. The number of hydrogen-bond donors (Lipinski definition) is 0. The molecule has 0 atom stereocenters. The third kappa shape index (κ3) is 2.57. The summed E-state index contributed by atoms with van der Waals surface area (Å²) in [5.41, 5.74) is 0.309. The van der Waals surface area contributed by atoms with Gasteiger partial charge in [0.1, 0.15) is 0 Å². The van der Waals surface area contributed by atoms with Crippen LogP contribution in [0.5, 0.6) is 11.8 Å². The van der Waals surface area contributed by atoms with Gasteiger partial charge in [-0.2, -0.15) is 0 Å². The normalized spacial score (nSPS) is 10.0. The van der Waals surface area contributed by atoms with Crippen molar-refractivity contribution in [1.29, 1.82) is 0 Å². The van der Waals surface area contributed by atoms with Crippen molar-refractivity contribution < 1.29 is 13.9 Å². The summed E-state index contributed by atoms with van der Waals surface area (Å²) in [6.07, 6.45) is 3.15. The number of aromatic nitrogens is 2. The molecule has 1 aromatic carbocycles. The number of rotatable bonds is 3. The number of ether oxygens (including phenoxy) is 1. The molecule has 17 heavy (non-hydrogen) atoms. The molecule has 0 aliphatic heterocycles. The van der Waals surface area contributed by atoms with Gasteiger partial charge >= 0.3 is 6.01 Å². The lowest BCUT2D eigenvalue weighted by atomic mass is 10.3. The lowest BCUT2D eigenvalue weighted by molar-refractivity contribution is 0.112. The number of halogens is 2. The number of hydrogen-bond acceptors (Lipinski definition) is 4. The zero-order valence-corrected chi connectivity index (χ0v) is 9.19. The van der Waals surface area contributed by atoms with Crippen LogP contribution >= 0.6 is 11.6 Å². The van der Waals surface area contributed by atoms with Crippen molar-refractivity contribution in [2.75, 3.05) is 0 Å². The Hall–Kier alpha value is -2.01. The Bertz CT molecular complexity index is 546. The van der Waals surface area contributed by atoms with Crippen molar-refractivity contribution in [3.63, 3.8) is 0 Å². The highest BCUT2D eigenvalue weighted by molar-refractivity contribution is 6.30. The summed E-state index contributed by atoms with van der Waals surface area (Å²) < 4.78 is 18.6. The third-order valence-corrected chi connectivity index (χ3v) is 2.19. The molecule has 0 saturated carbocycles. The first kappa shape index (κ1) is 11.5. The molecule has 1 heterocycles. The van der Waals surface area contributed by atoms with E-state index in [4.69, 9.17) is 16.3 Å². The third-order valence-electron chi connectivity index (χ3n) is 1.90. The Kier molecular flexibility index (Phi) is 3.30. The van der Waals surface area contributed by atoms with Crippen molar-refractivity contribution in [3.05, 3.63) is 47.0 Å². The van der Waals surface area contributed by atoms with Crippen LogP contribution in [0.1, 0.15) is 10.4 Å². The maximum Gasteiger partial charge on any atom is 0.322 e. The number of carbonyl (C=O) groups is 1. The average Bonchev–Trinajstić information content (AvgIpc) is 2.36. The van der Waals surface area contributed by atoms with Crippen LogP contribution in [0.25, 0.3) is 0 Å². The molecule has 6 heteroatoms. The molecule has 0 spiro atoms. The molecule has 86 valence electrons. The summed E-state index contributed by atoms with van der Waals surface area (Å²) in [5.74, 6) is -0.756. The molecule has 0 unspecified atom stereocenters. The first-order valence-corrected chi connectivity index (χ1v) is 4.97. The summed E-state index contributed by atoms with van der Waals surface area (Å²) in [6, 6.07) is 4.29. The number of carbonyl (C=O) groups excluding carboxylic acids is 1. The summed E-state index contributed by atoms with van der Waals surface area (Å²) in [6.45, 7) is 0. The summed E-state index contributed by atoms with van der Waals surface area (Å²) >= 11 is 5.59. The van der Waals surface area contributed by atoms with Gasteiger partial charge in [0.25, 0.3) is 0 Å². The predicted molar refractivity (Wildman–Crippen MR) is 58.9 cm³/mol. The molecule has 4 nitrogen and oxygen atoms in total. The van der Waals surface area contributed by atoms with Crippen molar-refractivity contribution >= 4 is 17.9 Å². The molecule has 0 bridgehead atoms. The van der Waals surface area contributed by atoms with Crippen LogP contribution in [-0.4, -0.2) is 16.3 Å². The smallest absolute Gasteiger partial charge is 0.322 e. The molecule has 0 aliphatic rings. The predicted octanol–water partition coefficient (Wildman–Crippen LogP) is 2.87. The number of nitrogens with zero attached hydrogens (tertiary/aromatic N) is 2. The molecule has 0 radical (unpaired) electrons. The lowest BCUT2D eigenvalue weighted by Gasteiger charge is -2.05. The van der Waals surface area contributed by atoms with Gasteiger partial charge in [-0.3, -0.25) is 4.79 Å². The second kappa shape index (κ2) is 4.88. The highest BCUT2D eigenvalue weighted by Gasteiger charge is 2.09. The van der Waals surface area contributed by atoms with Gasteiger partial charge in [-0.1, -0.05) is 17.7 Å². The van der Waals surface area contributed by atoms with Crippen LogP contribution in [0.3, 0.4) is 0 Å². The summed E-state index contributed by atoms with van der Waals surface area (Å²) in [4.78, 5) is 17.9. The zero-order valence-electron chi connectivity index (χ0n) is 8.43. The van der Waals surface area contributed by atoms with E-state index in [2.05, 4.69) is 9.97 Å². The Balaban J connectivity index is 2.25. The average molecular weight is 253 g/mol. The standard InChI is InChI=1S/C11H6ClFN2O2/c12-8-2-1-3-9(10(8)13)17-11-14-4-7(6-16)5-15-11/h1-6H. The van der Waals surface area contributed by atoms with Crippen LogP contribution < -0.4 is 4.74 Å². The van der Waals surface area contributed by atoms with E-state index >= 15 is 0 Å². The van der Waals surface area contributed by atoms with E-state index in [-0.39, 0.29) is 16.8 Å². The fraction of sp³-hybridized carbons (Fsp3) is 0. The van der Waals surface area contributed by atoms with Crippen LogP contribution in [0.2, 0.25) is 5.02 Å². The molecule has 0 fully saturated rings. The summed E-state index contributed by atoms with van der Waals surface area (Å²) in [5, 5.41) is -0.0491. The minimum Gasteiger partial charge on any atom is -0.421 e. The number of benzene rings is 1. The lowest BCUT2D eigenvalue weighted by Crippen LogP contribution is -1.95. The molecular formula is C11H6ClFN2O2. The molecule has 0 saturated heterocycles. The molecule has 2 aromatic rings. The topological polar surface area (TPSA) is 52.1 Å². The van der Waals surface area contributed by atoms with Gasteiger partial charge in [-0.25, -0.2) is 14.4 Å². The van der Waals surface area contributed by atoms with Gasteiger partial charge in [0.05, 0.1) is 10.6 Å². The highest BCUT2D eigenvalue weighted by atomic mass is 35.5. The monoisotopic (exact) mass is 252 g/mol. The first-order valence-electron chi connectivity index (χ1n) is 4.60. The fourth-order valence-corrected chi connectivity index (χ4v) is 1.27. The van der Waals surface area contributed by atoms with E-state index in [1.807, 2.05) is 0 Å². The van der Waals surface area contributed by atoms with E-state index in [9.17, 15) is 9.18 Å². The minimum atomic E-state index is -0.683. The molecule has 0 N–H and O–H groups in total. The highest BCUT2D eigenvalue weighted by Crippen LogP contribution is 2.26. The van der Waals surface area contributed by atoms with Crippen LogP contribution in [0.15, 0.2) is 30.6 Å². The van der Waals surface area contributed by atoms with Crippen molar-refractivity contribution in [1.82, 2.24) is 9.97 Å². The van der Waals surface area contributed by atoms with Gasteiger partial charge < -0.3 is 4.74 Å². The van der Waals surface area contributed by atoms with E-state index in [0.29, 0.717) is 11.8 Å². The molecule has 2 rings (SSSR count). The van der Waals surface area contributed by atoms with Crippen LogP contribution in [0.4, 0.5) is 4.39 Å². The van der Waals surface area contributed by atoms with Crippen LogP contribution in [-0.2, 0) is 0 Å². The van der Waals surface area contributed by atoms with E-state index < -0.39 is 5.82 Å². The van der Waals surface area contributed by atoms with Crippen molar-refractivity contribution in [3.8, 4) is 11.8 Å². The molecule has 0 aliphatic carbocycles. The second-order valence-corrected chi connectivity index (χ2v) is 3.48. The minimum absolute atomic E-state index is 0.0491. The molecule has 0 amide bonds. The van der Waals surface area contributed by atoms with Crippen LogP contribution in [0, 0.1) is 5.82 Å². The Morgan fingerprint density at radius 1 is 1.29 bits per heavy atom. The number of aldehydes is 1. The summed E-state index contributed by atoms with van der Waals surface area (Å²) in [7, 11) is 0. The fourth-order valence-electron chi connectivity index (χ4n) is 1.10. The zero-order chi connectivity index (χ0) is 12.3. The van der Waals surface area contributed by atoms with E-state index in [0.717, 1.165) is 0 Å². The Morgan fingerprint density at radius 2 is 2.00 bits per heavy atom.